The van der Waals surface area contributed by atoms with Crippen LogP contribution in [0.3, 0.4) is 0 Å². The molecular formula is C14H20N2O2. The zero-order valence-corrected chi connectivity index (χ0v) is 11.4. The number of nitrogens with zero attached hydrogens (tertiary/aromatic N) is 1. The zero-order chi connectivity index (χ0) is 13.5. The first-order valence-electron chi connectivity index (χ1n) is 6.23. The summed E-state index contributed by atoms with van der Waals surface area (Å²) in [6.07, 6.45) is 0. The molecule has 1 heterocycles. The number of aromatic nitrogens is 1. The van der Waals surface area contributed by atoms with Gasteiger partial charge in [-0.2, -0.15) is 0 Å². The van der Waals surface area contributed by atoms with Crippen LogP contribution in [0, 0.1) is 5.41 Å². The molecule has 0 saturated heterocycles. The minimum atomic E-state index is -0.311. The number of nitrogens with two attached hydrogens (primary N) is 1. The van der Waals surface area contributed by atoms with Gasteiger partial charge in [-0.3, -0.25) is 4.57 Å². The Hall–Kier alpha value is -1.55. The average Bonchev–Trinajstić information content (AvgIpc) is 2.60. The lowest BCUT2D eigenvalue weighted by Gasteiger charge is -2.27. The van der Waals surface area contributed by atoms with Gasteiger partial charge in [0.15, 0.2) is 5.58 Å². The van der Waals surface area contributed by atoms with E-state index in [9.17, 15) is 4.79 Å². The van der Waals surface area contributed by atoms with Gasteiger partial charge in [0, 0.05) is 12.6 Å². The summed E-state index contributed by atoms with van der Waals surface area (Å²) in [5, 5.41) is 0. The normalized spacial score (nSPS) is 14.1. The van der Waals surface area contributed by atoms with E-state index in [1.807, 2.05) is 25.1 Å². The topological polar surface area (TPSA) is 61.2 Å². The van der Waals surface area contributed by atoms with Gasteiger partial charge in [-0.1, -0.05) is 26.8 Å². The lowest BCUT2D eigenvalue weighted by Crippen LogP contribution is -2.26. The van der Waals surface area contributed by atoms with E-state index in [1.54, 1.807) is 4.57 Å². The molecule has 2 aromatic rings. The van der Waals surface area contributed by atoms with Crippen molar-refractivity contribution in [2.24, 2.45) is 11.1 Å². The Morgan fingerprint density at radius 1 is 1.39 bits per heavy atom. The number of aryl methyl sites for hydroxylation is 1. The Morgan fingerprint density at radius 2 is 2.06 bits per heavy atom. The predicted molar refractivity (Wildman–Crippen MR) is 72.5 cm³/mol. The third-order valence-corrected chi connectivity index (χ3v) is 3.30. The van der Waals surface area contributed by atoms with E-state index in [2.05, 4.69) is 20.8 Å². The molecule has 98 valence electrons. The molecule has 4 nitrogen and oxygen atoms in total. The fourth-order valence-electron chi connectivity index (χ4n) is 2.08. The van der Waals surface area contributed by atoms with Crippen LogP contribution >= 0.6 is 0 Å². The summed E-state index contributed by atoms with van der Waals surface area (Å²) in [5.74, 6) is -0.311. The molecule has 0 fully saturated rings. The molecule has 0 aliphatic carbocycles. The molecule has 0 spiro atoms. The second-order valence-electron chi connectivity index (χ2n) is 5.68. The molecule has 2 rings (SSSR count). The quantitative estimate of drug-likeness (QED) is 0.888. The fourth-order valence-corrected chi connectivity index (χ4v) is 2.08. The lowest BCUT2D eigenvalue weighted by atomic mass is 9.83. The van der Waals surface area contributed by atoms with Gasteiger partial charge in [0.05, 0.1) is 5.52 Å². The van der Waals surface area contributed by atoms with E-state index in [4.69, 9.17) is 10.2 Å². The zero-order valence-electron chi connectivity index (χ0n) is 11.4. The SMILES string of the molecule is CCn1c(=O)oc2cc(C(N)C(C)(C)C)ccc21. The Bertz CT molecular complexity index is 617. The molecule has 1 aromatic heterocycles. The van der Waals surface area contributed by atoms with Gasteiger partial charge in [-0.15, -0.1) is 0 Å². The van der Waals surface area contributed by atoms with Crippen LogP contribution in [0.25, 0.3) is 11.1 Å². The van der Waals surface area contributed by atoms with Gasteiger partial charge in [-0.05, 0) is 30.0 Å². The molecule has 1 unspecified atom stereocenters. The van der Waals surface area contributed by atoms with Crippen LogP contribution in [-0.4, -0.2) is 4.57 Å². The molecular weight excluding hydrogens is 228 g/mol. The highest BCUT2D eigenvalue weighted by Crippen LogP contribution is 2.31. The first-order chi connectivity index (χ1) is 8.34. The van der Waals surface area contributed by atoms with Crippen LogP contribution < -0.4 is 11.5 Å². The smallest absolute Gasteiger partial charge is 0.408 e. The number of benzene rings is 1. The van der Waals surface area contributed by atoms with Gasteiger partial charge in [0.1, 0.15) is 0 Å². The summed E-state index contributed by atoms with van der Waals surface area (Å²) in [7, 11) is 0. The Morgan fingerprint density at radius 3 is 2.61 bits per heavy atom. The highest BCUT2D eigenvalue weighted by molar-refractivity contribution is 5.74. The van der Waals surface area contributed by atoms with Crippen molar-refractivity contribution in [3.8, 4) is 0 Å². The number of rotatable bonds is 2. The summed E-state index contributed by atoms with van der Waals surface area (Å²) in [6.45, 7) is 8.81. The van der Waals surface area contributed by atoms with Crippen LogP contribution in [-0.2, 0) is 6.54 Å². The third kappa shape index (κ3) is 2.08. The summed E-state index contributed by atoms with van der Waals surface area (Å²) in [6, 6.07) is 5.67. The molecule has 1 aromatic carbocycles. The van der Waals surface area contributed by atoms with E-state index in [1.165, 1.54) is 0 Å². The largest absolute Gasteiger partial charge is 0.419 e. The molecule has 0 radical (unpaired) electrons. The van der Waals surface area contributed by atoms with Gasteiger partial charge in [-0.25, -0.2) is 4.79 Å². The maximum absolute atomic E-state index is 11.6. The van der Waals surface area contributed by atoms with Crippen molar-refractivity contribution in [1.82, 2.24) is 4.57 Å². The molecule has 0 aliphatic rings. The Kier molecular flexibility index (Phi) is 3.07. The second-order valence-corrected chi connectivity index (χ2v) is 5.68. The van der Waals surface area contributed by atoms with Crippen molar-refractivity contribution in [3.63, 3.8) is 0 Å². The summed E-state index contributed by atoms with van der Waals surface area (Å²) >= 11 is 0. The first kappa shape index (κ1) is 12.9. The summed E-state index contributed by atoms with van der Waals surface area (Å²) < 4.78 is 6.86. The average molecular weight is 248 g/mol. The highest BCUT2D eigenvalue weighted by atomic mass is 16.4. The maximum Gasteiger partial charge on any atom is 0.419 e. The molecule has 0 saturated carbocycles. The van der Waals surface area contributed by atoms with Gasteiger partial charge in [0.25, 0.3) is 0 Å². The first-order valence-corrected chi connectivity index (χ1v) is 6.23. The van der Waals surface area contributed by atoms with E-state index in [-0.39, 0.29) is 17.2 Å². The van der Waals surface area contributed by atoms with E-state index in [0.29, 0.717) is 12.1 Å². The van der Waals surface area contributed by atoms with Crippen molar-refractivity contribution >= 4 is 11.1 Å². The van der Waals surface area contributed by atoms with Crippen LogP contribution in [0.15, 0.2) is 27.4 Å². The van der Waals surface area contributed by atoms with Crippen molar-refractivity contribution in [3.05, 3.63) is 34.3 Å². The molecule has 18 heavy (non-hydrogen) atoms. The number of fused-ring (bicyclic) bond motifs is 1. The van der Waals surface area contributed by atoms with Gasteiger partial charge < -0.3 is 10.2 Å². The van der Waals surface area contributed by atoms with Crippen molar-refractivity contribution in [2.75, 3.05) is 0 Å². The van der Waals surface area contributed by atoms with Crippen molar-refractivity contribution in [1.29, 1.82) is 0 Å². The summed E-state index contributed by atoms with van der Waals surface area (Å²) in [4.78, 5) is 11.6. The minimum Gasteiger partial charge on any atom is -0.408 e. The maximum atomic E-state index is 11.6. The standard InChI is InChI=1S/C14H20N2O2/c1-5-16-10-7-6-9(12(15)14(2,3)4)8-11(10)18-13(16)17/h6-8,12H,5,15H2,1-4H3. The Balaban J connectivity index is 2.56. The van der Waals surface area contributed by atoms with Crippen molar-refractivity contribution in [2.45, 2.75) is 40.3 Å². The highest BCUT2D eigenvalue weighted by Gasteiger charge is 2.23. The Labute approximate surface area is 106 Å². The van der Waals surface area contributed by atoms with Crippen LogP contribution in [0.2, 0.25) is 0 Å². The van der Waals surface area contributed by atoms with Crippen LogP contribution in [0.5, 0.6) is 0 Å². The molecule has 0 bridgehead atoms. The second kappa shape index (κ2) is 4.28. The number of hydrogen-bond acceptors (Lipinski definition) is 3. The van der Waals surface area contributed by atoms with E-state index in [0.717, 1.165) is 11.1 Å². The molecule has 0 aliphatic heterocycles. The van der Waals surface area contributed by atoms with Crippen molar-refractivity contribution < 1.29 is 4.42 Å². The fraction of sp³-hybridized carbons (Fsp3) is 0.500. The van der Waals surface area contributed by atoms with Crippen LogP contribution in [0.1, 0.15) is 39.3 Å². The molecule has 2 N–H and O–H groups in total. The number of hydrogen-bond donors (Lipinski definition) is 1. The predicted octanol–water partition coefficient (Wildman–Crippen LogP) is 2.66. The molecule has 4 heteroatoms. The van der Waals surface area contributed by atoms with E-state index >= 15 is 0 Å². The molecule has 0 amide bonds. The van der Waals surface area contributed by atoms with E-state index < -0.39 is 0 Å². The molecule has 1 atom stereocenters. The number of oxazole rings is 1. The van der Waals surface area contributed by atoms with Gasteiger partial charge in [0.2, 0.25) is 0 Å². The minimum absolute atomic E-state index is 0.0265. The summed E-state index contributed by atoms with van der Waals surface area (Å²) in [5.41, 5.74) is 8.62. The van der Waals surface area contributed by atoms with Crippen LogP contribution in [0.4, 0.5) is 0 Å². The monoisotopic (exact) mass is 248 g/mol. The third-order valence-electron chi connectivity index (χ3n) is 3.30. The van der Waals surface area contributed by atoms with Gasteiger partial charge >= 0.3 is 5.76 Å². The lowest BCUT2D eigenvalue weighted by molar-refractivity contribution is 0.327.